The van der Waals surface area contributed by atoms with Gasteiger partial charge in [-0.05, 0) is 30.2 Å². The Hall–Kier alpha value is -3.41. The predicted octanol–water partition coefficient (Wildman–Crippen LogP) is 3.90. The normalized spacial score (nSPS) is 10.7. The molecule has 0 aliphatic carbocycles. The molecule has 6 heteroatoms. The molecule has 0 spiro atoms. The summed E-state index contributed by atoms with van der Waals surface area (Å²) in [4.78, 5) is 14.2. The van der Waals surface area contributed by atoms with Crippen molar-refractivity contribution in [3.05, 3.63) is 65.6 Å². The van der Waals surface area contributed by atoms with Gasteiger partial charge in [0.2, 0.25) is 0 Å². The van der Waals surface area contributed by atoms with Gasteiger partial charge in [-0.3, -0.25) is 4.79 Å². The molecule has 0 saturated carbocycles. The van der Waals surface area contributed by atoms with Crippen molar-refractivity contribution < 1.29 is 24.5 Å². The molecule has 1 aromatic heterocycles. The molecule has 3 N–H and O–H groups in total. The summed E-state index contributed by atoms with van der Waals surface area (Å²) in [6.07, 6.45) is 2.14. The van der Waals surface area contributed by atoms with Crippen LogP contribution in [0.3, 0.4) is 0 Å². The zero-order valence-corrected chi connectivity index (χ0v) is 15.1. The summed E-state index contributed by atoms with van der Waals surface area (Å²) >= 11 is 0. The Kier molecular flexibility index (Phi) is 5.07. The number of hydrogen-bond acceptors (Lipinski definition) is 5. The third-order valence-electron chi connectivity index (χ3n) is 4.45. The predicted molar refractivity (Wildman–Crippen MR) is 101 cm³/mol. The van der Waals surface area contributed by atoms with E-state index in [1.54, 1.807) is 37.4 Å². The molecule has 0 bridgehead atoms. The number of hydrogen-bond donors (Lipinski definition) is 3. The van der Waals surface area contributed by atoms with E-state index in [1.807, 2.05) is 6.92 Å². The number of furan rings is 1. The second-order valence-electron chi connectivity index (χ2n) is 6.29. The zero-order valence-electron chi connectivity index (χ0n) is 15.1. The van der Waals surface area contributed by atoms with Gasteiger partial charge < -0.3 is 24.6 Å². The molecule has 3 rings (SSSR count). The molecule has 0 fully saturated rings. The number of para-hydroxylation sites is 1. The Morgan fingerprint density at radius 3 is 2.48 bits per heavy atom. The van der Waals surface area contributed by atoms with Crippen LogP contribution in [0, 0.1) is 0 Å². The minimum atomic E-state index is -0.434. The fourth-order valence-corrected chi connectivity index (χ4v) is 2.97. The summed E-state index contributed by atoms with van der Waals surface area (Å²) in [6.45, 7) is 2.14. The van der Waals surface area contributed by atoms with Crippen LogP contribution in [0.15, 0.2) is 53.1 Å². The van der Waals surface area contributed by atoms with Gasteiger partial charge in [0.15, 0.2) is 0 Å². The number of phenolic OH excluding ortho intramolecular Hbond substituents is 3. The molecule has 6 nitrogen and oxygen atoms in total. The van der Waals surface area contributed by atoms with Crippen LogP contribution in [0.25, 0.3) is 11.1 Å². The van der Waals surface area contributed by atoms with Crippen LogP contribution in [-0.2, 0) is 13.0 Å². The Balaban J connectivity index is 2.00. The van der Waals surface area contributed by atoms with Gasteiger partial charge in [0.25, 0.3) is 5.91 Å². The molecule has 27 heavy (non-hydrogen) atoms. The first-order chi connectivity index (χ1) is 12.9. The lowest BCUT2D eigenvalue weighted by Gasteiger charge is -2.18. The van der Waals surface area contributed by atoms with Gasteiger partial charge in [-0.2, -0.15) is 0 Å². The van der Waals surface area contributed by atoms with Crippen molar-refractivity contribution in [1.82, 2.24) is 4.90 Å². The van der Waals surface area contributed by atoms with Crippen molar-refractivity contribution >= 4 is 5.91 Å². The number of rotatable bonds is 5. The molecular weight excluding hydrogens is 346 g/mol. The molecule has 0 unspecified atom stereocenters. The maximum Gasteiger partial charge on any atom is 0.257 e. The van der Waals surface area contributed by atoms with Gasteiger partial charge in [-0.25, -0.2) is 0 Å². The highest BCUT2D eigenvalue weighted by Crippen LogP contribution is 2.40. The van der Waals surface area contributed by atoms with Gasteiger partial charge in [-0.1, -0.05) is 25.1 Å². The van der Waals surface area contributed by atoms with Gasteiger partial charge in [0.1, 0.15) is 23.0 Å². The first-order valence-electron chi connectivity index (χ1n) is 8.57. The number of phenols is 3. The lowest BCUT2D eigenvalue weighted by atomic mass is 9.97. The first-order valence-corrected chi connectivity index (χ1v) is 8.57. The van der Waals surface area contributed by atoms with Gasteiger partial charge >= 0.3 is 0 Å². The third-order valence-corrected chi connectivity index (χ3v) is 4.45. The quantitative estimate of drug-likeness (QED) is 0.636. The van der Waals surface area contributed by atoms with Crippen LogP contribution in [0.4, 0.5) is 0 Å². The fourth-order valence-electron chi connectivity index (χ4n) is 2.97. The molecule has 0 radical (unpaired) electrons. The lowest BCUT2D eigenvalue weighted by Crippen LogP contribution is -2.26. The summed E-state index contributed by atoms with van der Waals surface area (Å²) in [5, 5.41) is 30.9. The van der Waals surface area contributed by atoms with Crippen molar-refractivity contribution in [2.75, 3.05) is 7.05 Å². The number of carbonyl (C=O) groups excluding carboxylic acids is 1. The topological polar surface area (TPSA) is 94.1 Å². The van der Waals surface area contributed by atoms with Gasteiger partial charge in [-0.15, -0.1) is 0 Å². The van der Waals surface area contributed by atoms with E-state index in [0.29, 0.717) is 17.7 Å². The SMILES string of the molecule is CCc1cccc(-c2cc(C(=O)N(C)Cc3ccco3)c(O)cc2O)c1O. The van der Waals surface area contributed by atoms with Crippen LogP contribution < -0.4 is 0 Å². The fraction of sp³-hybridized carbons (Fsp3) is 0.190. The van der Waals surface area contributed by atoms with Crippen LogP contribution in [0.1, 0.15) is 28.6 Å². The van der Waals surface area contributed by atoms with Crippen molar-refractivity contribution in [1.29, 1.82) is 0 Å². The summed E-state index contributed by atoms with van der Waals surface area (Å²) in [5.41, 5.74) is 1.42. The second kappa shape index (κ2) is 7.45. The van der Waals surface area contributed by atoms with Crippen LogP contribution in [0.2, 0.25) is 0 Å². The molecule has 3 aromatic rings. The van der Waals surface area contributed by atoms with E-state index in [4.69, 9.17) is 4.42 Å². The minimum absolute atomic E-state index is 0.0261. The van der Waals surface area contributed by atoms with E-state index in [2.05, 4.69) is 0 Å². The van der Waals surface area contributed by atoms with Crippen molar-refractivity contribution in [3.8, 4) is 28.4 Å². The molecular formula is C21H21NO5. The molecule has 2 aromatic carbocycles. The summed E-state index contributed by atoms with van der Waals surface area (Å²) < 4.78 is 5.24. The minimum Gasteiger partial charge on any atom is -0.507 e. The van der Waals surface area contributed by atoms with Crippen molar-refractivity contribution in [2.45, 2.75) is 19.9 Å². The van der Waals surface area contributed by atoms with E-state index >= 15 is 0 Å². The molecule has 1 heterocycles. The summed E-state index contributed by atoms with van der Waals surface area (Å²) in [7, 11) is 1.59. The molecule has 0 atom stereocenters. The summed E-state index contributed by atoms with van der Waals surface area (Å²) in [5.74, 6) is -0.336. The number of nitrogens with zero attached hydrogens (tertiary/aromatic N) is 1. The average molecular weight is 367 g/mol. The Morgan fingerprint density at radius 1 is 1.04 bits per heavy atom. The second-order valence-corrected chi connectivity index (χ2v) is 6.29. The molecule has 0 aliphatic heterocycles. The Labute approximate surface area is 156 Å². The molecule has 1 amide bonds. The van der Waals surface area contributed by atoms with Crippen LogP contribution >= 0.6 is 0 Å². The van der Waals surface area contributed by atoms with E-state index in [0.717, 1.165) is 11.6 Å². The zero-order chi connectivity index (χ0) is 19.6. The molecule has 140 valence electrons. The van der Waals surface area contributed by atoms with Gasteiger partial charge in [0.05, 0.1) is 18.4 Å². The highest BCUT2D eigenvalue weighted by atomic mass is 16.3. The van der Waals surface area contributed by atoms with Crippen LogP contribution in [0.5, 0.6) is 17.2 Å². The number of aryl methyl sites for hydroxylation is 1. The van der Waals surface area contributed by atoms with E-state index in [1.165, 1.54) is 17.2 Å². The maximum absolute atomic E-state index is 12.8. The lowest BCUT2D eigenvalue weighted by molar-refractivity contribution is 0.0772. The molecule has 0 aliphatic rings. The number of benzene rings is 2. The number of amides is 1. The highest BCUT2D eigenvalue weighted by Gasteiger charge is 2.21. The van der Waals surface area contributed by atoms with E-state index in [9.17, 15) is 20.1 Å². The first kappa shape index (κ1) is 18.4. The maximum atomic E-state index is 12.8. The smallest absolute Gasteiger partial charge is 0.257 e. The van der Waals surface area contributed by atoms with Crippen LogP contribution in [-0.4, -0.2) is 33.2 Å². The van der Waals surface area contributed by atoms with Crippen molar-refractivity contribution in [3.63, 3.8) is 0 Å². The third kappa shape index (κ3) is 3.60. The Bertz CT molecular complexity index is 963. The number of carbonyl (C=O) groups is 1. The Morgan fingerprint density at radius 2 is 1.81 bits per heavy atom. The van der Waals surface area contributed by atoms with E-state index in [-0.39, 0.29) is 34.9 Å². The standard InChI is InChI=1S/C21H21NO5/c1-3-13-6-4-8-15(20(13)25)16-10-17(19(24)11-18(16)23)21(26)22(2)12-14-7-5-9-27-14/h4-11,23-25H,3,12H2,1-2H3. The average Bonchev–Trinajstić information content (AvgIpc) is 3.15. The highest BCUT2D eigenvalue weighted by molar-refractivity contribution is 5.99. The van der Waals surface area contributed by atoms with E-state index < -0.39 is 5.91 Å². The van der Waals surface area contributed by atoms with Crippen molar-refractivity contribution in [2.24, 2.45) is 0 Å². The van der Waals surface area contributed by atoms with Gasteiger partial charge in [0, 0.05) is 24.2 Å². The summed E-state index contributed by atoms with van der Waals surface area (Å²) in [6, 6.07) is 11.2. The number of aromatic hydroxyl groups is 3. The monoisotopic (exact) mass is 367 g/mol. The largest absolute Gasteiger partial charge is 0.507 e. The molecule has 0 saturated heterocycles.